The number of nitrogens with one attached hydrogen (secondary N) is 2. The van der Waals surface area contributed by atoms with Gasteiger partial charge in [0.2, 0.25) is 11.8 Å². The zero-order valence-corrected chi connectivity index (χ0v) is 18.1. The van der Waals surface area contributed by atoms with Gasteiger partial charge >= 0.3 is 0 Å². The summed E-state index contributed by atoms with van der Waals surface area (Å²) in [4.78, 5) is 24.6. The number of carbonyl (C=O) groups is 2. The van der Waals surface area contributed by atoms with E-state index in [4.69, 9.17) is 0 Å². The second-order valence-corrected chi connectivity index (χ2v) is 8.85. The molecule has 1 atom stereocenters. The normalized spacial score (nSPS) is 20.3. The van der Waals surface area contributed by atoms with E-state index in [0.29, 0.717) is 11.1 Å². The summed E-state index contributed by atoms with van der Waals surface area (Å²) in [6.45, 7) is 1.99. The third-order valence-electron chi connectivity index (χ3n) is 4.98. The van der Waals surface area contributed by atoms with Crippen LogP contribution in [-0.4, -0.2) is 27.9 Å². The van der Waals surface area contributed by atoms with E-state index < -0.39 is 5.25 Å². The van der Waals surface area contributed by atoms with Crippen LogP contribution in [0.15, 0.2) is 70.9 Å². The maximum atomic E-state index is 12.3. The van der Waals surface area contributed by atoms with Crippen molar-refractivity contribution in [2.45, 2.75) is 31.4 Å². The van der Waals surface area contributed by atoms with Crippen LogP contribution < -0.4 is 10.6 Å². The highest BCUT2D eigenvalue weighted by Crippen LogP contribution is 2.32. The summed E-state index contributed by atoms with van der Waals surface area (Å²) in [5, 5.41) is 14.1. The molecule has 0 aromatic heterocycles. The quantitative estimate of drug-likeness (QED) is 0.503. The maximum Gasteiger partial charge on any atom is 0.240 e. The second-order valence-electron chi connectivity index (χ2n) is 7.66. The summed E-state index contributed by atoms with van der Waals surface area (Å²) in [5.74, 6) is -0.000903. The minimum Gasteiger partial charge on any atom is -0.326 e. The van der Waals surface area contributed by atoms with E-state index in [0.717, 1.165) is 35.4 Å². The largest absolute Gasteiger partial charge is 0.326 e. The molecule has 7 heteroatoms. The Labute approximate surface area is 185 Å². The van der Waals surface area contributed by atoms with Crippen LogP contribution in [0.3, 0.4) is 0 Å². The predicted octanol–water partition coefficient (Wildman–Crippen LogP) is 4.39. The fraction of sp³-hybridized carbons (Fsp3) is 0.250. The molecular weight excluding hydrogens is 408 g/mol. The highest BCUT2D eigenvalue weighted by Gasteiger charge is 2.32. The lowest BCUT2D eigenvalue weighted by atomic mass is 10.1. The molecule has 0 bridgehead atoms. The van der Waals surface area contributed by atoms with Gasteiger partial charge in [-0.05, 0) is 43.5 Å². The maximum absolute atomic E-state index is 12.3. The number of hydrogen-bond donors (Lipinski definition) is 2. The number of nitrogens with zero attached hydrogens (tertiary/aromatic N) is 2. The van der Waals surface area contributed by atoms with Crippen LogP contribution in [0.4, 0.5) is 5.69 Å². The van der Waals surface area contributed by atoms with Crippen molar-refractivity contribution in [3.05, 3.63) is 71.8 Å². The minimum absolute atomic E-state index is 0.0799. The van der Waals surface area contributed by atoms with Crippen LogP contribution in [0.5, 0.6) is 0 Å². The Balaban J connectivity index is 1.36. The number of hydrogen-bond acceptors (Lipinski definition) is 5. The van der Waals surface area contributed by atoms with E-state index in [9.17, 15) is 9.59 Å². The van der Waals surface area contributed by atoms with Gasteiger partial charge in [0, 0.05) is 18.0 Å². The Bertz CT molecular complexity index is 1040. The third kappa shape index (κ3) is 6.15. The lowest BCUT2D eigenvalue weighted by Crippen LogP contribution is -2.28. The topological polar surface area (TPSA) is 82.9 Å². The Morgan fingerprint density at radius 2 is 1.90 bits per heavy atom. The highest BCUT2D eigenvalue weighted by atomic mass is 32.2. The van der Waals surface area contributed by atoms with Crippen LogP contribution in [0.2, 0.25) is 0 Å². The number of allylic oxidation sites excluding steroid dienone is 1. The first-order valence-corrected chi connectivity index (χ1v) is 11.2. The SMILES string of the molecule is Cc1ccc(NC(=O)C[C@H]2S/C(=N/N=C(\C=C\c3ccccc3)C3CC3)NC2=O)cc1. The first-order valence-electron chi connectivity index (χ1n) is 10.3. The summed E-state index contributed by atoms with van der Waals surface area (Å²) < 4.78 is 0. The van der Waals surface area contributed by atoms with Gasteiger partial charge in [-0.2, -0.15) is 5.10 Å². The third-order valence-corrected chi connectivity index (χ3v) is 6.05. The van der Waals surface area contributed by atoms with Crippen LogP contribution in [-0.2, 0) is 9.59 Å². The number of anilines is 1. The first-order chi connectivity index (χ1) is 15.1. The zero-order chi connectivity index (χ0) is 21.6. The van der Waals surface area contributed by atoms with Crippen LogP contribution in [0.25, 0.3) is 6.08 Å². The van der Waals surface area contributed by atoms with Crippen LogP contribution >= 0.6 is 11.8 Å². The van der Waals surface area contributed by atoms with Crippen molar-refractivity contribution in [1.29, 1.82) is 0 Å². The molecule has 1 heterocycles. The number of thioether (sulfide) groups is 1. The molecule has 0 radical (unpaired) electrons. The standard InChI is InChI=1S/C24H24N4O2S/c1-16-7-12-19(13-8-16)25-22(29)15-21-23(30)26-24(31-21)28-27-20(18-10-11-18)14-9-17-5-3-2-4-6-17/h2-9,12-14,18,21H,10-11,15H2,1H3,(H,25,29)(H,26,28,30)/b14-9+,27-20+/t21-/m1/s1. The molecule has 31 heavy (non-hydrogen) atoms. The van der Waals surface area contributed by atoms with Gasteiger partial charge in [0.05, 0.1) is 5.71 Å². The van der Waals surface area contributed by atoms with Gasteiger partial charge < -0.3 is 10.6 Å². The zero-order valence-electron chi connectivity index (χ0n) is 17.2. The van der Waals surface area contributed by atoms with Gasteiger partial charge in [0.1, 0.15) is 5.25 Å². The molecule has 2 amide bonds. The molecule has 6 nitrogen and oxygen atoms in total. The van der Waals surface area contributed by atoms with E-state index in [1.54, 1.807) is 0 Å². The van der Waals surface area contributed by atoms with Crippen molar-refractivity contribution >= 4 is 46.2 Å². The lowest BCUT2D eigenvalue weighted by Gasteiger charge is -2.07. The first kappa shape index (κ1) is 21.1. The molecule has 158 valence electrons. The fourth-order valence-corrected chi connectivity index (χ4v) is 4.00. The summed E-state index contributed by atoms with van der Waals surface area (Å²) >= 11 is 1.25. The van der Waals surface area contributed by atoms with E-state index in [2.05, 4.69) is 20.8 Å². The van der Waals surface area contributed by atoms with Gasteiger partial charge in [0.15, 0.2) is 5.17 Å². The van der Waals surface area contributed by atoms with Crippen LogP contribution in [0.1, 0.15) is 30.4 Å². The molecule has 1 saturated heterocycles. The summed E-state index contributed by atoms with van der Waals surface area (Å²) in [6.07, 6.45) is 6.30. The summed E-state index contributed by atoms with van der Waals surface area (Å²) in [6, 6.07) is 17.6. The average molecular weight is 433 g/mol. The minimum atomic E-state index is -0.511. The van der Waals surface area contributed by atoms with Gasteiger partial charge in [-0.15, -0.1) is 5.10 Å². The van der Waals surface area contributed by atoms with Crippen molar-refractivity contribution in [1.82, 2.24) is 5.32 Å². The lowest BCUT2D eigenvalue weighted by molar-refractivity contribution is -0.122. The molecule has 1 aliphatic heterocycles. The predicted molar refractivity (Wildman–Crippen MR) is 127 cm³/mol. The molecule has 0 unspecified atom stereocenters. The van der Waals surface area contributed by atoms with Crippen molar-refractivity contribution in [3.63, 3.8) is 0 Å². The molecule has 4 rings (SSSR count). The van der Waals surface area contributed by atoms with Crippen molar-refractivity contribution < 1.29 is 9.59 Å². The molecule has 2 aliphatic rings. The Hall–Kier alpha value is -3.19. The van der Waals surface area contributed by atoms with Gasteiger partial charge in [-0.25, -0.2) is 0 Å². The van der Waals surface area contributed by atoms with Crippen molar-refractivity contribution in [3.8, 4) is 0 Å². The monoisotopic (exact) mass is 432 g/mol. The number of rotatable bonds is 7. The molecule has 2 aromatic rings. The average Bonchev–Trinajstić information content (AvgIpc) is 3.55. The number of benzene rings is 2. The van der Waals surface area contributed by atoms with Crippen molar-refractivity contribution in [2.75, 3.05) is 5.32 Å². The Morgan fingerprint density at radius 1 is 1.16 bits per heavy atom. The molecule has 2 fully saturated rings. The number of amides is 2. The number of carbonyl (C=O) groups excluding carboxylic acids is 2. The van der Waals surface area contributed by atoms with Gasteiger partial charge in [0.25, 0.3) is 0 Å². The smallest absolute Gasteiger partial charge is 0.240 e. The van der Waals surface area contributed by atoms with E-state index >= 15 is 0 Å². The van der Waals surface area contributed by atoms with Gasteiger partial charge in [-0.1, -0.05) is 65.9 Å². The van der Waals surface area contributed by atoms with E-state index in [-0.39, 0.29) is 18.2 Å². The number of aryl methyl sites for hydroxylation is 1. The van der Waals surface area contributed by atoms with Crippen molar-refractivity contribution in [2.24, 2.45) is 16.1 Å². The Kier molecular flexibility index (Phi) is 6.62. The fourth-order valence-electron chi connectivity index (χ4n) is 3.08. The van der Waals surface area contributed by atoms with E-state index in [1.165, 1.54) is 11.8 Å². The Morgan fingerprint density at radius 3 is 2.61 bits per heavy atom. The van der Waals surface area contributed by atoms with E-state index in [1.807, 2.05) is 73.7 Å². The molecule has 2 N–H and O–H groups in total. The number of amidine groups is 1. The van der Waals surface area contributed by atoms with Crippen LogP contribution in [0, 0.1) is 12.8 Å². The molecular formula is C24H24N4O2S. The summed E-state index contributed by atoms with van der Waals surface area (Å²) in [5.41, 5.74) is 3.85. The highest BCUT2D eigenvalue weighted by molar-refractivity contribution is 8.15. The molecule has 0 spiro atoms. The second kappa shape index (κ2) is 9.75. The molecule has 1 saturated carbocycles. The summed E-state index contributed by atoms with van der Waals surface area (Å²) in [7, 11) is 0. The molecule has 2 aromatic carbocycles. The molecule has 1 aliphatic carbocycles. The van der Waals surface area contributed by atoms with Gasteiger partial charge in [-0.3, -0.25) is 9.59 Å².